The van der Waals surface area contributed by atoms with Crippen molar-refractivity contribution < 1.29 is 13.2 Å². The van der Waals surface area contributed by atoms with Gasteiger partial charge in [0.1, 0.15) is 16.5 Å². The fourth-order valence-electron chi connectivity index (χ4n) is 2.67. The van der Waals surface area contributed by atoms with E-state index in [4.69, 9.17) is 0 Å². The Morgan fingerprint density at radius 3 is 2.82 bits per heavy atom. The number of nitrogens with one attached hydrogen (secondary N) is 2. The second-order valence-electron chi connectivity index (χ2n) is 6.07. The fraction of sp³-hybridized carbons (Fsp3) is 0.167. The highest BCUT2D eigenvalue weighted by Gasteiger charge is 2.19. The number of amides is 1. The molecule has 1 aliphatic rings. The zero-order valence-electron chi connectivity index (χ0n) is 14.6. The Kier molecular flexibility index (Phi) is 5.25. The molecule has 1 aromatic carbocycles. The van der Waals surface area contributed by atoms with E-state index in [0.29, 0.717) is 24.5 Å². The highest BCUT2D eigenvalue weighted by Crippen LogP contribution is 2.26. The molecule has 1 amide bonds. The molecule has 0 atom stereocenters. The van der Waals surface area contributed by atoms with Crippen LogP contribution >= 0.6 is 22.7 Å². The molecule has 0 saturated heterocycles. The number of sulfonamides is 1. The van der Waals surface area contributed by atoms with Gasteiger partial charge in [0, 0.05) is 35.0 Å². The highest BCUT2D eigenvalue weighted by atomic mass is 32.2. The number of benzene rings is 1. The molecular weight excluding hydrogens is 416 g/mol. The van der Waals surface area contributed by atoms with Gasteiger partial charge in [-0.3, -0.25) is 14.5 Å². The molecule has 1 aliphatic heterocycles. The maximum atomic E-state index is 12.5. The minimum atomic E-state index is -3.74. The average Bonchev–Trinajstić information content (AvgIpc) is 3.43. The molecular formula is C18H16N4O3S3. The molecule has 0 fully saturated rings. The number of hydrogen-bond donors (Lipinski definition) is 2. The monoisotopic (exact) mass is 432 g/mol. The van der Waals surface area contributed by atoms with Crippen LogP contribution in [0.3, 0.4) is 0 Å². The summed E-state index contributed by atoms with van der Waals surface area (Å²) in [7, 11) is -3.74. The predicted octanol–water partition coefficient (Wildman–Crippen LogP) is 3.59. The third-order valence-electron chi connectivity index (χ3n) is 4.03. The Bertz CT molecular complexity index is 1130. The van der Waals surface area contributed by atoms with E-state index in [1.165, 1.54) is 23.5 Å². The number of rotatable bonds is 5. The fourth-order valence-corrected chi connectivity index (χ4v) is 5.32. The number of thiophene rings is 1. The summed E-state index contributed by atoms with van der Waals surface area (Å²) in [5.41, 5.74) is 1.65. The van der Waals surface area contributed by atoms with Crippen LogP contribution in [0.5, 0.6) is 0 Å². The van der Waals surface area contributed by atoms with Gasteiger partial charge in [0.25, 0.3) is 15.9 Å². The van der Waals surface area contributed by atoms with Gasteiger partial charge >= 0.3 is 0 Å². The topological polar surface area (TPSA) is 101 Å². The normalized spacial score (nSPS) is 13.9. The lowest BCUT2D eigenvalue weighted by Crippen LogP contribution is -2.29. The Morgan fingerprint density at radius 2 is 2.07 bits per heavy atom. The Labute approximate surface area is 170 Å². The van der Waals surface area contributed by atoms with Gasteiger partial charge < -0.3 is 5.32 Å². The van der Waals surface area contributed by atoms with Crippen molar-refractivity contribution in [2.75, 3.05) is 11.9 Å². The first-order valence-electron chi connectivity index (χ1n) is 8.47. The summed E-state index contributed by atoms with van der Waals surface area (Å²) in [5, 5.41) is 9.08. The third kappa shape index (κ3) is 4.13. The van der Waals surface area contributed by atoms with Gasteiger partial charge in [-0.1, -0.05) is 6.07 Å². The molecule has 0 unspecified atom stereocenters. The molecule has 2 N–H and O–H groups in total. The predicted molar refractivity (Wildman–Crippen MR) is 112 cm³/mol. The molecule has 144 valence electrons. The molecule has 3 aromatic rings. The first kappa shape index (κ1) is 18.8. The Morgan fingerprint density at radius 1 is 1.18 bits per heavy atom. The molecule has 0 saturated carbocycles. The smallest absolute Gasteiger partial charge is 0.275 e. The van der Waals surface area contributed by atoms with Crippen molar-refractivity contribution in [3.63, 3.8) is 0 Å². The minimum Gasteiger partial charge on any atom is -0.321 e. The molecule has 7 nitrogen and oxygen atoms in total. The zero-order valence-corrected chi connectivity index (χ0v) is 17.0. The van der Waals surface area contributed by atoms with E-state index in [1.54, 1.807) is 28.8 Å². The lowest BCUT2D eigenvalue weighted by Gasteiger charge is -2.09. The van der Waals surface area contributed by atoms with Crippen LogP contribution in [0.4, 0.5) is 5.69 Å². The van der Waals surface area contributed by atoms with E-state index < -0.39 is 10.0 Å². The summed E-state index contributed by atoms with van der Waals surface area (Å²) in [4.78, 5) is 21.0. The van der Waals surface area contributed by atoms with Crippen LogP contribution in [-0.4, -0.2) is 31.7 Å². The zero-order chi connectivity index (χ0) is 19.6. The van der Waals surface area contributed by atoms with Crippen molar-refractivity contribution >= 4 is 50.1 Å². The number of carbonyl (C=O) groups is 1. The summed E-state index contributed by atoms with van der Waals surface area (Å²) in [5.74, 6) is 0.0817. The summed E-state index contributed by atoms with van der Waals surface area (Å²) in [6, 6.07) is 8.06. The molecule has 0 radical (unpaired) electrons. The largest absolute Gasteiger partial charge is 0.321 e. The van der Waals surface area contributed by atoms with E-state index in [-0.39, 0.29) is 16.5 Å². The summed E-state index contributed by atoms with van der Waals surface area (Å²) in [6.45, 7) is 0.634. The van der Waals surface area contributed by atoms with E-state index in [2.05, 4.69) is 20.0 Å². The van der Waals surface area contributed by atoms with Gasteiger partial charge in [0.2, 0.25) is 0 Å². The number of anilines is 1. The molecule has 2 aromatic heterocycles. The number of thiazole rings is 1. The van der Waals surface area contributed by atoms with Crippen LogP contribution in [0, 0.1) is 0 Å². The third-order valence-corrected chi connectivity index (χ3v) is 6.99. The second-order valence-corrected chi connectivity index (χ2v) is 9.39. The average molecular weight is 433 g/mol. The minimum absolute atomic E-state index is 0.0668. The molecule has 0 spiro atoms. The van der Waals surface area contributed by atoms with Gasteiger partial charge in [0.15, 0.2) is 0 Å². The van der Waals surface area contributed by atoms with Crippen molar-refractivity contribution in [2.45, 2.75) is 17.7 Å². The first-order chi connectivity index (χ1) is 13.5. The quantitative estimate of drug-likeness (QED) is 0.643. The number of carbonyl (C=O) groups excluding carboxylic acids is 1. The van der Waals surface area contributed by atoms with Crippen molar-refractivity contribution in [1.29, 1.82) is 0 Å². The maximum absolute atomic E-state index is 12.5. The number of nitrogens with zero attached hydrogens (tertiary/aromatic N) is 2. The van der Waals surface area contributed by atoms with Gasteiger partial charge in [-0.05, 0) is 36.1 Å². The number of aliphatic imine (C=N–C) groups is 1. The SMILES string of the molecule is O=C(Nc1cccc(S(=O)(=O)NC2=NCCC2)c1)c1csc(-c2ccsc2)n1. The van der Waals surface area contributed by atoms with Crippen LogP contribution in [-0.2, 0) is 10.0 Å². The number of hydrogen-bond acceptors (Lipinski definition) is 7. The van der Waals surface area contributed by atoms with Crippen molar-refractivity contribution in [3.8, 4) is 10.6 Å². The lowest BCUT2D eigenvalue weighted by molar-refractivity contribution is 0.102. The van der Waals surface area contributed by atoms with Crippen molar-refractivity contribution in [1.82, 2.24) is 9.71 Å². The van der Waals surface area contributed by atoms with Crippen molar-refractivity contribution in [3.05, 3.63) is 52.2 Å². The highest BCUT2D eigenvalue weighted by molar-refractivity contribution is 7.90. The van der Waals surface area contributed by atoms with Crippen LogP contribution in [0.15, 0.2) is 56.4 Å². The summed E-state index contributed by atoms with van der Waals surface area (Å²) in [6.07, 6.45) is 1.46. The van der Waals surface area contributed by atoms with Gasteiger partial charge in [-0.25, -0.2) is 13.4 Å². The van der Waals surface area contributed by atoms with Crippen LogP contribution in [0.2, 0.25) is 0 Å². The molecule has 28 heavy (non-hydrogen) atoms. The van der Waals surface area contributed by atoms with E-state index in [9.17, 15) is 13.2 Å². The van der Waals surface area contributed by atoms with E-state index >= 15 is 0 Å². The van der Waals surface area contributed by atoms with E-state index in [1.807, 2.05) is 16.8 Å². The second kappa shape index (κ2) is 7.82. The molecule has 3 heterocycles. The van der Waals surface area contributed by atoms with Gasteiger partial charge in [-0.15, -0.1) is 11.3 Å². The summed E-state index contributed by atoms with van der Waals surface area (Å²) >= 11 is 2.95. The Balaban J connectivity index is 1.49. The Hall–Kier alpha value is -2.56. The number of aromatic nitrogens is 1. The first-order valence-corrected chi connectivity index (χ1v) is 11.8. The van der Waals surface area contributed by atoms with Crippen molar-refractivity contribution in [2.24, 2.45) is 4.99 Å². The summed E-state index contributed by atoms with van der Waals surface area (Å²) < 4.78 is 27.5. The van der Waals surface area contributed by atoms with Gasteiger partial charge in [0.05, 0.1) is 4.90 Å². The lowest BCUT2D eigenvalue weighted by atomic mass is 10.3. The van der Waals surface area contributed by atoms with Gasteiger partial charge in [-0.2, -0.15) is 11.3 Å². The maximum Gasteiger partial charge on any atom is 0.275 e. The van der Waals surface area contributed by atoms with Crippen LogP contribution in [0.25, 0.3) is 10.6 Å². The standard InChI is InChI=1S/C18H16N4O3S3/c23-17(15-11-27-18(21-15)12-6-8-26-10-12)20-13-3-1-4-14(9-13)28(24,25)22-16-5-2-7-19-16/h1,3-4,6,8-11H,2,5,7H2,(H,19,22)(H,20,23). The van der Waals surface area contributed by atoms with Crippen LogP contribution in [0.1, 0.15) is 23.3 Å². The number of amidine groups is 1. The molecule has 0 bridgehead atoms. The molecule has 0 aliphatic carbocycles. The van der Waals surface area contributed by atoms with E-state index in [0.717, 1.165) is 17.0 Å². The molecule has 4 rings (SSSR count). The van der Waals surface area contributed by atoms with Crippen LogP contribution < -0.4 is 10.0 Å². The molecule has 10 heteroatoms.